The number of rotatable bonds is 14. The lowest BCUT2D eigenvalue weighted by Crippen LogP contribution is -2.58. The first-order chi connectivity index (χ1) is 16.0. The van der Waals surface area contributed by atoms with Gasteiger partial charge in [-0.05, 0) is 17.9 Å². The van der Waals surface area contributed by atoms with Gasteiger partial charge in [-0.15, -0.1) is 0 Å². The second-order valence-corrected chi connectivity index (χ2v) is 8.47. The molecule has 0 fully saturated rings. The molecule has 0 saturated carbocycles. The van der Waals surface area contributed by atoms with Crippen molar-refractivity contribution in [2.75, 3.05) is 5.75 Å². The molecule has 12 heteroatoms. The van der Waals surface area contributed by atoms with Crippen molar-refractivity contribution in [3.63, 3.8) is 0 Å². The summed E-state index contributed by atoms with van der Waals surface area (Å²) >= 11 is 3.93. The summed E-state index contributed by atoms with van der Waals surface area (Å²) in [6.45, 7) is 3.30. The molecule has 4 atom stereocenters. The third-order valence-corrected chi connectivity index (χ3v) is 5.35. The van der Waals surface area contributed by atoms with E-state index in [1.807, 2.05) is 0 Å². The predicted octanol–water partition coefficient (Wildman–Crippen LogP) is -0.454. The van der Waals surface area contributed by atoms with Crippen LogP contribution in [0.3, 0.4) is 0 Å². The number of carboxylic acid groups (broad SMARTS) is 2. The SMILES string of the molecule is CC(C)C(NC(=O)C(CCC(=O)O)NC(=O)C(N)CS)C(=O)NC(Cc1ccccc1)C(=O)O. The number of carbonyl (C=O) groups excluding carboxylic acids is 3. The van der Waals surface area contributed by atoms with Crippen molar-refractivity contribution < 1.29 is 34.2 Å². The van der Waals surface area contributed by atoms with Crippen LogP contribution in [0.1, 0.15) is 32.3 Å². The van der Waals surface area contributed by atoms with Crippen LogP contribution in [0.5, 0.6) is 0 Å². The molecule has 188 valence electrons. The van der Waals surface area contributed by atoms with Crippen molar-refractivity contribution in [3.05, 3.63) is 35.9 Å². The maximum Gasteiger partial charge on any atom is 0.326 e. The van der Waals surface area contributed by atoms with Crippen LogP contribution in [0.15, 0.2) is 30.3 Å². The standard InChI is InChI=1S/C22H32N4O7S/c1-12(2)18(21(31)25-16(22(32)33)10-13-6-4-3-5-7-13)26-20(30)15(8-9-17(27)28)24-19(29)14(23)11-34/h3-7,12,14-16,18,34H,8-11,23H2,1-2H3,(H,24,29)(H,25,31)(H,26,30)(H,27,28)(H,32,33). The van der Waals surface area contributed by atoms with Crippen molar-refractivity contribution in [3.8, 4) is 0 Å². The summed E-state index contributed by atoms with van der Waals surface area (Å²) in [5, 5.41) is 25.8. The monoisotopic (exact) mass is 496 g/mol. The summed E-state index contributed by atoms with van der Waals surface area (Å²) in [5.74, 6) is -5.04. The Labute approximate surface area is 203 Å². The van der Waals surface area contributed by atoms with Crippen LogP contribution >= 0.6 is 12.6 Å². The molecular formula is C22H32N4O7S. The lowest BCUT2D eigenvalue weighted by atomic mass is 10.0. The molecule has 0 aliphatic carbocycles. The van der Waals surface area contributed by atoms with E-state index in [2.05, 4.69) is 28.6 Å². The van der Waals surface area contributed by atoms with Crippen LogP contribution in [0.2, 0.25) is 0 Å². The van der Waals surface area contributed by atoms with E-state index < -0.39 is 66.2 Å². The highest BCUT2D eigenvalue weighted by molar-refractivity contribution is 7.80. The van der Waals surface area contributed by atoms with E-state index in [9.17, 15) is 29.1 Å². The van der Waals surface area contributed by atoms with Crippen LogP contribution < -0.4 is 21.7 Å². The maximum atomic E-state index is 12.9. The van der Waals surface area contributed by atoms with Crippen molar-refractivity contribution in [1.82, 2.24) is 16.0 Å². The molecule has 0 heterocycles. The van der Waals surface area contributed by atoms with E-state index in [0.717, 1.165) is 0 Å². The van der Waals surface area contributed by atoms with Crippen molar-refractivity contribution in [2.45, 2.75) is 57.3 Å². The topological polar surface area (TPSA) is 188 Å². The third kappa shape index (κ3) is 9.79. The number of aliphatic carboxylic acids is 2. The second kappa shape index (κ2) is 14.2. The Morgan fingerprint density at radius 3 is 2.00 bits per heavy atom. The van der Waals surface area contributed by atoms with Crippen LogP contribution in [0.4, 0.5) is 0 Å². The Morgan fingerprint density at radius 1 is 0.912 bits per heavy atom. The Balaban J connectivity index is 2.96. The van der Waals surface area contributed by atoms with Gasteiger partial charge in [-0.3, -0.25) is 19.2 Å². The number of benzene rings is 1. The molecule has 0 spiro atoms. The normalized spacial score (nSPS) is 14.4. The Kier molecular flexibility index (Phi) is 12.1. The molecule has 4 unspecified atom stereocenters. The molecule has 0 aliphatic heterocycles. The smallest absolute Gasteiger partial charge is 0.326 e. The Morgan fingerprint density at radius 2 is 1.50 bits per heavy atom. The van der Waals surface area contributed by atoms with Crippen molar-refractivity contribution in [2.24, 2.45) is 11.7 Å². The number of hydrogen-bond donors (Lipinski definition) is 7. The van der Waals surface area contributed by atoms with Crippen molar-refractivity contribution in [1.29, 1.82) is 0 Å². The van der Waals surface area contributed by atoms with Gasteiger partial charge in [0.25, 0.3) is 0 Å². The molecule has 0 bridgehead atoms. The first-order valence-corrected chi connectivity index (χ1v) is 11.4. The minimum atomic E-state index is -1.26. The lowest BCUT2D eigenvalue weighted by Gasteiger charge is -2.27. The fourth-order valence-electron chi connectivity index (χ4n) is 3.00. The highest BCUT2D eigenvalue weighted by atomic mass is 32.1. The molecule has 34 heavy (non-hydrogen) atoms. The minimum Gasteiger partial charge on any atom is -0.481 e. The molecule has 1 rings (SSSR count). The minimum absolute atomic E-state index is 0.00805. The fourth-order valence-corrected chi connectivity index (χ4v) is 3.16. The number of amides is 3. The zero-order valence-electron chi connectivity index (χ0n) is 19.1. The molecule has 11 nitrogen and oxygen atoms in total. The molecule has 0 saturated heterocycles. The van der Waals surface area contributed by atoms with Crippen LogP contribution in [0.25, 0.3) is 0 Å². The summed E-state index contributed by atoms with van der Waals surface area (Å²) in [4.78, 5) is 60.5. The number of nitrogens with two attached hydrogens (primary N) is 1. The van der Waals surface area contributed by atoms with Gasteiger partial charge in [0.1, 0.15) is 18.1 Å². The van der Waals surface area contributed by atoms with Gasteiger partial charge in [-0.2, -0.15) is 12.6 Å². The highest BCUT2D eigenvalue weighted by Crippen LogP contribution is 2.08. The van der Waals surface area contributed by atoms with Gasteiger partial charge in [-0.25, -0.2) is 4.79 Å². The molecule has 3 amide bonds. The largest absolute Gasteiger partial charge is 0.481 e. The Hall–Kier alpha value is -3.12. The zero-order chi connectivity index (χ0) is 25.8. The zero-order valence-corrected chi connectivity index (χ0v) is 20.0. The van der Waals surface area contributed by atoms with E-state index in [-0.39, 0.29) is 18.6 Å². The van der Waals surface area contributed by atoms with Gasteiger partial charge in [0, 0.05) is 18.6 Å². The van der Waals surface area contributed by atoms with Gasteiger partial charge in [0.2, 0.25) is 17.7 Å². The lowest BCUT2D eigenvalue weighted by molar-refractivity contribution is -0.142. The van der Waals surface area contributed by atoms with Gasteiger partial charge in [0.05, 0.1) is 6.04 Å². The maximum absolute atomic E-state index is 12.9. The predicted molar refractivity (Wildman–Crippen MR) is 127 cm³/mol. The Bertz CT molecular complexity index is 866. The van der Waals surface area contributed by atoms with Gasteiger partial charge in [-0.1, -0.05) is 44.2 Å². The summed E-state index contributed by atoms with van der Waals surface area (Å²) in [5.41, 5.74) is 6.31. The first-order valence-electron chi connectivity index (χ1n) is 10.7. The van der Waals surface area contributed by atoms with Crippen LogP contribution in [-0.2, 0) is 30.4 Å². The molecule has 1 aromatic carbocycles. The average molecular weight is 497 g/mol. The number of thiol groups is 1. The molecule has 7 N–H and O–H groups in total. The van der Waals surface area contributed by atoms with Crippen LogP contribution in [-0.4, -0.2) is 69.8 Å². The molecule has 0 radical (unpaired) electrons. The highest BCUT2D eigenvalue weighted by Gasteiger charge is 2.32. The van der Waals surface area contributed by atoms with Crippen molar-refractivity contribution >= 4 is 42.3 Å². The van der Waals surface area contributed by atoms with Gasteiger partial charge >= 0.3 is 11.9 Å². The summed E-state index contributed by atoms with van der Waals surface area (Å²) in [6.07, 6.45) is -0.602. The van der Waals surface area contributed by atoms with E-state index in [1.54, 1.807) is 44.2 Å². The van der Waals surface area contributed by atoms with Crippen LogP contribution in [0, 0.1) is 5.92 Å². The number of carboxylic acids is 2. The molecule has 0 aromatic heterocycles. The van der Waals surface area contributed by atoms with E-state index in [0.29, 0.717) is 5.56 Å². The molecular weight excluding hydrogens is 464 g/mol. The quantitative estimate of drug-likeness (QED) is 0.169. The summed E-state index contributed by atoms with van der Waals surface area (Å²) < 4.78 is 0. The molecule has 1 aromatic rings. The van der Waals surface area contributed by atoms with E-state index in [4.69, 9.17) is 10.8 Å². The molecule has 0 aliphatic rings. The van der Waals surface area contributed by atoms with Gasteiger partial charge < -0.3 is 31.9 Å². The van der Waals surface area contributed by atoms with E-state index >= 15 is 0 Å². The van der Waals surface area contributed by atoms with E-state index in [1.165, 1.54) is 0 Å². The number of hydrogen-bond acceptors (Lipinski definition) is 7. The van der Waals surface area contributed by atoms with Gasteiger partial charge in [0.15, 0.2) is 0 Å². The fraction of sp³-hybridized carbons (Fsp3) is 0.500. The third-order valence-electron chi connectivity index (χ3n) is 4.96. The summed E-state index contributed by atoms with van der Waals surface area (Å²) in [7, 11) is 0. The summed E-state index contributed by atoms with van der Waals surface area (Å²) in [6, 6.07) is 4.10. The average Bonchev–Trinajstić information content (AvgIpc) is 2.78. The number of nitrogens with one attached hydrogen (secondary N) is 3. The number of carbonyl (C=O) groups is 5. The first kappa shape index (κ1) is 28.9. The second-order valence-electron chi connectivity index (χ2n) is 8.10.